The third-order valence-electron chi connectivity index (χ3n) is 4.65. The van der Waals surface area contributed by atoms with E-state index in [1.165, 1.54) is 64.7 Å². The van der Waals surface area contributed by atoms with E-state index in [0.717, 1.165) is 11.8 Å². The second-order valence-corrected chi connectivity index (χ2v) is 6.21. The highest BCUT2D eigenvalue weighted by atomic mass is 15.2. The molecule has 2 aliphatic rings. The molecule has 1 aliphatic carbocycles. The van der Waals surface area contributed by atoms with E-state index in [0.29, 0.717) is 6.04 Å². The average Bonchev–Trinajstić information content (AvgIpc) is 2.36. The van der Waals surface area contributed by atoms with Gasteiger partial charge in [0.1, 0.15) is 0 Å². The van der Waals surface area contributed by atoms with Crippen molar-refractivity contribution in [2.24, 2.45) is 11.8 Å². The molecule has 0 spiro atoms. The van der Waals surface area contributed by atoms with Crippen molar-refractivity contribution in [2.45, 2.75) is 58.4 Å². The van der Waals surface area contributed by atoms with Gasteiger partial charge in [0.2, 0.25) is 0 Å². The molecular formula is C15H30N2. The lowest BCUT2D eigenvalue weighted by Crippen LogP contribution is -2.47. The fourth-order valence-electron chi connectivity index (χ4n) is 3.68. The molecule has 0 aromatic carbocycles. The summed E-state index contributed by atoms with van der Waals surface area (Å²) in [6.07, 6.45) is 8.70. The van der Waals surface area contributed by atoms with Crippen LogP contribution in [0.3, 0.4) is 0 Å². The molecule has 2 rings (SSSR count). The third kappa shape index (κ3) is 3.96. The van der Waals surface area contributed by atoms with Crippen molar-refractivity contribution in [1.82, 2.24) is 10.2 Å². The van der Waals surface area contributed by atoms with Crippen LogP contribution in [0.5, 0.6) is 0 Å². The molecule has 2 fully saturated rings. The summed E-state index contributed by atoms with van der Waals surface area (Å²) in [7, 11) is 0. The van der Waals surface area contributed by atoms with E-state index in [1.807, 2.05) is 0 Å². The molecule has 0 radical (unpaired) electrons. The van der Waals surface area contributed by atoms with Gasteiger partial charge in [-0.2, -0.15) is 0 Å². The van der Waals surface area contributed by atoms with E-state index in [9.17, 15) is 0 Å². The number of nitrogens with zero attached hydrogens (tertiary/aromatic N) is 1. The van der Waals surface area contributed by atoms with Crippen molar-refractivity contribution in [1.29, 1.82) is 0 Å². The molecule has 100 valence electrons. The number of rotatable bonds is 5. The van der Waals surface area contributed by atoms with E-state index in [4.69, 9.17) is 0 Å². The summed E-state index contributed by atoms with van der Waals surface area (Å²) in [5, 5.41) is 3.61. The minimum absolute atomic E-state index is 0.662. The van der Waals surface area contributed by atoms with Crippen LogP contribution < -0.4 is 5.32 Å². The molecule has 0 amide bonds. The molecule has 17 heavy (non-hydrogen) atoms. The van der Waals surface area contributed by atoms with Crippen LogP contribution in [0.2, 0.25) is 0 Å². The maximum atomic E-state index is 3.61. The highest BCUT2D eigenvalue weighted by Gasteiger charge is 2.31. The second kappa shape index (κ2) is 6.75. The predicted octanol–water partition coefficient (Wildman–Crippen LogP) is 2.89. The minimum atomic E-state index is 0.662. The Labute approximate surface area is 107 Å². The molecular weight excluding hydrogens is 208 g/mol. The molecule has 2 nitrogen and oxygen atoms in total. The molecule has 1 saturated carbocycles. The number of likely N-dealkylation sites (tertiary alicyclic amines) is 1. The van der Waals surface area contributed by atoms with E-state index < -0.39 is 0 Å². The van der Waals surface area contributed by atoms with Gasteiger partial charge in [0.05, 0.1) is 0 Å². The molecule has 0 aromatic rings. The normalized spacial score (nSPS) is 32.1. The van der Waals surface area contributed by atoms with Gasteiger partial charge in [-0.15, -0.1) is 0 Å². The summed E-state index contributed by atoms with van der Waals surface area (Å²) in [4.78, 5) is 2.71. The lowest BCUT2D eigenvalue weighted by atomic mass is 9.75. The zero-order chi connectivity index (χ0) is 12.1. The number of nitrogens with one attached hydrogen (secondary N) is 1. The van der Waals surface area contributed by atoms with Crippen molar-refractivity contribution >= 4 is 0 Å². The van der Waals surface area contributed by atoms with E-state index in [-0.39, 0.29) is 0 Å². The summed E-state index contributed by atoms with van der Waals surface area (Å²) in [5.74, 6) is 2.09. The van der Waals surface area contributed by atoms with Crippen molar-refractivity contribution in [3.63, 3.8) is 0 Å². The van der Waals surface area contributed by atoms with Gasteiger partial charge in [0.15, 0.2) is 0 Å². The second-order valence-electron chi connectivity index (χ2n) is 6.21. The van der Waals surface area contributed by atoms with Crippen molar-refractivity contribution in [3.05, 3.63) is 0 Å². The summed E-state index contributed by atoms with van der Waals surface area (Å²) >= 11 is 0. The maximum Gasteiger partial charge on any atom is 0.0166 e. The van der Waals surface area contributed by atoms with Crippen LogP contribution in [0, 0.1) is 11.8 Å². The van der Waals surface area contributed by atoms with E-state index >= 15 is 0 Å². The van der Waals surface area contributed by atoms with Crippen molar-refractivity contribution < 1.29 is 0 Å². The molecule has 1 heterocycles. The van der Waals surface area contributed by atoms with Gasteiger partial charge in [-0.25, -0.2) is 0 Å². The first-order valence-corrected chi connectivity index (χ1v) is 7.75. The first kappa shape index (κ1) is 13.4. The van der Waals surface area contributed by atoms with E-state index in [1.54, 1.807) is 0 Å². The first-order valence-electron chi connectivity index (χ1n) is 7.75. The summed E-state index contributed by atoms with van der Waals surface area (Å²) < 4.78 is 0. The highest BCUT2D eigenvalue weighted by Crippen LogP contribution is 2.35. The average molecular weight is 238 g/mol. The standard InChI is InChI=1S/C15H30N2/c1-3-9-16-13(2)11-17-10-8-14-6-4-5-7-15(14)12-17/h13-16H,3-12H2,1-2H3. The number of hydrogen-bond donors (Lipinski definition) is 1. The van der Waals surface area contributed by atoms with E-state index in [2.05, 4.69) is 24.1 Å². The molecule has 1 saturated heterocycles. The minimum Gasteiger partial charge on any atom is -0.313 e. The quantitative estimate of drug-likeness (QED) is 0.792. The van der Waals surface area contributed by atoms with Crippen LogP contribution in [0.15, 0.2) is 0 Å². The third-order valence-corrected chi connectivity index (χ3v) is 4.65. The van der Waals surface area contributed by atoms with Crippen LogP contribution in [-0.2, 0) is 0 Å². The van der Waals surface area contributed by atoms with Gasteiger partial charge >= 0.3 is 0 Å². The Bertz CT molecular complexity index is 217. The zero-order valence-electron chi connectivity index (χ0n) is 11.8. The van der Waals surface area contributed by atoms with Gasteiger partial charge < -0.3 is 10.2 Å². The van der Waals surface area contributed by atoms with Crippen LogP contribution in [-0.4, -0.2) is 37.1 Å². The number of piperidine rings is 1. The van der Waals surface area contributed by atoms with Crippen molar-refractivity contribution in [2.75, 3.05) is 26.2 Å². The Kier molecular flexibility index (Phi) is 5.30. The fraction of sp³-hybridized carbons (Fsp3) is 1.00. The van der Waals surface area contributed by atoms with Crippen LogP contribution in [0.1, 0.15) is 52.4 Å². The molecule has 2 heteroatoms. The van der Waals surface area contributed by atoms with Crippen LogP contribution in [0.4, 0.5) is 0 Å². The highest BCUT2D eigenvalue weighted by molar-refractivity contribution is 4.84. The van der Waals surface area contributed by atoms with Gasteiger partial charge in [-0.1, -0.05) is 26.2 Å². The maximum absolute atomic E-state index is 3.61. The Balaban J connectivity index is 1.71. The topological polar surface area (TPSA) is 15.3 Å². The molecule has 0 bridgehead atoms. The molecule has 0 aromatic heterocycles. The Morgan fingerprint density at radius 1 is 1.18 bits per heavy atom. The number of hydrogen-bond acceptors (Lipinski definition) is 2. The van der Waals surface area contributed by atoms with Gasteiger partial charge in [0, 0.05) is 19.1 Å². The van der Waals surface area contributed by atoms with Crippen molar-refractivity contribution in [3.8, 4) is 0 Å². The zero-order valence-corrected chi connectivity index (χ0v) is 11.8. The summed E-state index contributed by atoms with van der Waals surface area (Å²) in [5.41, 5.74) is 0. The molecule has 3 atom stereocenters. The molecule has 1 N–H and O–H groups in total. The smallest absolute Gasteiger partial charge is 0.0166 e. The lowest BCUT2D eigenvalue weighted by molar-refractivity contribution is 0.0812. The van der Waals surface area contributed by atoms with Gasteiger partial charge in [0.25, 0.3) is 0 Å². The van der Waals surface area contributed by atoms with Crippen LogP contribution in [0.25, 0.3) is 0 Å². The molecule has 1 aliphatic heterocycles. The summed E-state index contributed by atoms with van der Waals surface area (Å²) in [6, 6.07) is 0.662. The number of fused-ring (bicyclic) bond motifs is 1. The predicted molar refractivity (Wildman–Crippen MR) is 74.3 cm³/mol. The summed E-state index contributed by atoms with van der Waals surface area (Å²) in [6.45, 7) is 9.72. The molecule has 3 unspecified atom stereocenters. The lowest BCUT2D eigenvalue weighted by Gasteiger charge is -2.42. The first-order chi connectivity index (χ1) is 8.29. The largest absolute Gasteiger partial charge is 0.313 e. The Hall–Kier alpha value is -0.0800. The van der Waals surface area contributed by atoms with Gasteiger partial charge in [-0.3, -0.25) is 0 Å². The monoisotopic (exact) mass is 238 g/mol. The van der Waals surface area contributed by atoms with Crippen LogP contribution >= 0.6 is 0 Å². The Morgan fingerprint density at radius 3 is 2.71 bits per heavy atom. The fourth-order valence-corrected chi connectivity index (χ4v) is 3.68. The SMILES string of the molecule is CCCNC(C)CN1CCC2CCCCC2C1. The Morgan fingerprint density at radius 2 is 1.94 bits per heavy atom. The van der Waals surface area contributed by atoms with Gasteiger partial charge in [-0.05, 0) is 51.1 Å².